The fraction of sp³-hybridized carbons (Fsp3) is 0.355. The van der Waals surface area contributed by atoms with E-state index in [4.69, 9.17) is 9.47 Å². The fourth-order valence-corrected chi connectivity index (χ4v) is 5.42. The van der Waals surface area contributed by atoms with Crippen molar-refractivity contribution < 1.29 is 27.5 Å². The van der Waals surface area contributed by atoms with E-state index in [2.05, 4.69) is 10.0 Å². The molecule has 0 saturated carbocycles. The first-order chi connectivity index (χ1) is 19.7. The van der Waals surface area contributed by atoms with Crippen molar-refractivity contribution in [3.05, 3.63) is 89.5 Å². The Morgan fingerprint density at radius 2 is 1.51 bits per heavy atom. The summed E-state index contributed by atoms with van der Waals surface area (Å²) in [5.74, 6) is 0.852. The van der Waals surface area contributed by atoms with E-state index in [-0.39, 0.29) is 23.1 Å². The molecular weight excluding hydrogens is 542 g/mol. The van der Waals surface area contributed by atoms with Crippen molar-refractivity contribution in [1.29, 1.82) is 0 Å². The second-order valence-electron chi connectivity index (χ2n) is 9.56. The highest BCUT2D eigenvalue weighted by atomic mass is 32.2. The first-order valence-electron chi connectivity index (χ1n) is 13.6. The maximum atomic E-state index is 13.4. The molecule has 0 saturated heterocycles. The number of aryl methyl sites for hydroxylation is 1. The number of carbonyl (C=O) groups excluding carboxylic acids is 2. The third-order valence-electron chi connectivity index (χ3n) is 6.72. The summed E-state index contributed by atoms with van der Waals surface area (Å²) in [4.78, 5) is 28.3. The summed E-state index contributed by atoms with van der Waals surface area (Å²) in [6.45, 7) is 4.45. The number of methoxy groups -OCH3 is 2. The third kappa shape index (κ3) is 9.06. The smallest absolute Gasteiger partial charge is 0.242 e. The molecule has 0 aliphatic heterocycles. The number of hydrogen-bond donors (Lipinski definition) is 2. The lowest BCUT2D eigenvalue weighted by Gasteiger charge is -2.29. The van der Waals surface area contributed by atoms with Gasteiger partial charge in [-0.2, -0.15) is 0 Å². The number of amides is 2. The molecule has 41 heavy (non-hydrogen) atoms. The second kappa shape index (κ2) is 15.2. The lowest BCUT2D eigenvalue weighted by Crippen LogP contribution is -2.48. The molecule has 0 aromatic heterocycles. The van der Waals surface area contributed by atoms with E-state index in [0.717, 1.165) is 16.7 Å². The molecule has 3 aromatic carbocycles. The average Bonchev–Trinajstić information content (AvgIpc) is 2.98. The van der Waals surface area contributed by atoms with E-state index in [1.807, 2.05) is 48.5 Å². The van der Waals surface area contributed by atoms with Gasteiger partial charge in [0.25, 0.3) is 0 Å². The minimum atomic E-state index is -3.54. The van der Waals surface area contributed by atoms with Crippen LogP contribution >= 0.6 is 0 Å². The van der Waals surface area contributed by atoms with Crippen LogP contribution in [0.15, 0.2) is 77.7 Å². The van der Waals surface area contributed by atoms with Crippen LogP contribution in [0.5, 0.6) is 11.5 Å². The first kappa shape index (κ1) is 31.6. The van der Waals surface area contributed by atoms with Crippen LogP contribution in [0.1, 0.15) is 37.0 Å². The second-order valence-corrected chi connectivity index (χ2v) is 11.3. The van der Waals surface area contributed by atoms with Gasteiger partial charge in [0.2, 0.25) is 21.8 Å². The Morgan fingerprint density at radius 1 is 0.854 bits per heavy atom. The van der Waals surface area contributed by atoms with Gasteiger partial charge in [-0.3, -0.25) is 9.59 Å². The molecule has 1 unspecified atom stereocenters. The normalized spacial score (nSPS) is 11.9. The van der Waals surface area contributed by atoms with Gasteiger partial charge in [-0.15, -0.1) is 0 Å². The number of ether oxygens (including phenoxy) is 2. The molecule has 0 radical (unpaired) electrons. The zero-order valence-electron chi connectivity index (χ0n) is 24.1. The van der Waals surface area contributed by atoms with Gasteiger partial charge in [0.1, 0.15) is 6.04 Å². The molecule has 2 N–H and O–H groups in total. The Hall–Kier alpha value is -3.89. The summed E-state index contributed by atoms with van der Waals surface area (Å²) < 4.78 is 37.5. The topological polar surface area (TPSA) is 114 Å². The van der Waals surface area contributed by atoms with Gasteiger partial charge in [0, 0.05) is 26.1 Å². The zero-order valence-corrected chi connectivity index (χ0v) is 24.9. The molecule has 0 aliphatic rings. The molecule has 3 aromatic rings. The van der Waals surface area contributed by atoms with Gasteiger partial charge in [0.15, 0.2) is 11.5 Å². The van der Waals surface area contributed by atoms with E-state index < -0.39 is 16.1 Å². The van der Waals surface area contributed by atoms with Crippen molar-refractivity contribution in [2.75, 3.05) is 27.3 Å². The van der Waals surface area contributed by atoms with Crippen molar-refractivity contribution in [2.24, 2.45) is 0 Å². The van der Waals surface area contributed by atoms with Crippen LogP contribution in [0.4, 0.5) is 0 Å². The van der Waals surface area contributed by atoms with Gasteiger partial charge >= 0.3 is 0 Å². The number of sulfonamides is 1. The number of carbonyl (C=O) groups is 2. The minimum absolute atomic E-state index is 0.166. The summed E-state index contributed by atoms with van der Waals surface area (Å²) in [5.41, 5.74) is 2.74. The average molecular weight is 582 g/mol. The number of benzene rings is 3. The first-order valence-corrected chi connectivity index (χ1v) is 15.1. The van der Waals surface area contributed by atoms with Gasteiger partial charge in [-0.05, 0) is 60.7 Å². The van der Waals surface area contributed by atoms with Crippen molar-refractivity contribution in [3.63, 3.8) is 0 Å². The molecule has 1 atom stereocenters. The highest BCUT2D eigenvalue weighted by Crippen LogP contribution is 2.27. The highest BCUT2D eigenvalue weighted by molar-refractivity contribution is 7.89. The molecule has 0 bridgehead atoms. The van der Waals surface area contributed by atoms with Crippen molar-refractivity contribution in [1.82, 2.24) is 14.9 Å². The Balaban J connectivity index is 1.64. The lowest BCUT2D eigenvalue weighted by atomic mass is 10.1. The third-order valence-corrected chi connectivity index (χ3v) is 8.28. The van der Waals surface area contributed by atoms with Gasteiger partial charge in [0.05, 0.1) is 19.1 Å². The monoisotopic (exact) mass is 581 g/mol. The van der Waals surface area contributed by atoms with E-state index in [1.165, 1.54) is 12.1 Å². The molecule has 3 rings (SSSR count). The molecule has 0 aliphatic carbocycles. The summed E-state index contributed by atoms with van der Waals surface area (Å²) in [7, 11) is -0.384. The Bertz CT molecular complexity index is 1400. The van der Waals surface area contributed by atoms with Gasteiger partial charge < -0.3 is 19.7 Å². The van der Waals surface area contributed by atoms with E-state index in [0.29, 0.717) is 44.0 Å². The number of hydrogen-bond acceptors (Lipinski definition) is 6. The molecule has 220 valence electrons. The van der Waals surface area contributed by atoms with Gasteiger partial charge in [-0.25, -0.2) is 13.1 Å². The van der Waals surface area contributed by atoms with Crippen LogP contribution in [-0.4, -0.2) is 58.5 Å². The van der Waals surface area contributed by atoms with Gasteiger partial charge in [-0.1, -0.05) is 55.5 Å². The number of rotatable bonds is 15. The van der Waals surface area contributed by atoms with Crippen molar-refractivity contribution >= 4 is 21.8 Å². The van der Waals surface area contributed by atoms with Crippen LogP contribution in [0.2, 0.25) is 0 Å². The summed E-state index contributed by atoms with van der Waals surface area (Å²) >= 11 is 0. The fourth-order valence-electron chi connectivity index (χ4n) is 4.38. The van der Waals surface area contributed by atoms with Crippen LogP contribution < -0.4 is 19.5 Å². The molecule has 10 heteroatoms. The highest BCUT2D eigenvalue weighted by Gasteiger charge is 2.26. The quantitative estimate of drug-likeness (QED) is 0.283. The standard InChI is InChI=1S/C31H39N3O6S/c1-5-33-41(37,38)27-15-11-24(12-16-27)14-18-30(35)34(22-26-9-7-6-8-10-26)23(2)31(36)32-20-19-25-13-17-28(39-3)29(21-25)40-4/h6-13,15-17,21,23,33H,5,14,18-20,22H2,1-4H3,(H,32,36). The largest absolute Gasteiger partial charge is 0.493 e. The summed E-state index contributed by atoms with van der Waals surface area (Å²) in [6.07, 6.45) is 1.18. The molecule has 0 spiro atoms. The van der Waals surface area contributed by atoms with E-state index in [9.17, 15) is 18.0 Å². The summed E-state index contributed by atoms with van der Waals surface area (Å²) in [5, 5.41) is 2.95. The zero-order chi connectivity index (χ0) is 29.8. The summed E-state index contributed by atoms with van der Waals surface area (Å²) in [6, 6.07) is 21.0. The molecule has 0 heterocycles. The van der Waals surface area contributed by atoms with Crippen LogP contribution in [0, 0.1) is 0 Å². The maximum absolute atomic E-state index is 13.4. The van der Waals surface area contributed by atoms with Crippen LogP contribution in [-0.2, 0) is 39.0 Å². The molecule has 9 nitrogen and oxygen atoms in total. The molecule has 2 amide bonds. The predicted octanol–water partition coefficient (Wildman–Crippen LogP) is 3.71. The number of nitrogens with one attached hydrogen (secondary N) is 2. The van der Waals surface area contributed by atoms with Crippen LogP contribution in [0.3, 0.4) is 0 Å². The maximum Gasteiger partial charge on any atom is 0.242 e. The van der Waals surface area contributed by atoms with Crippen molar-refractivity contribution in [2.45, 2.75) is 50.6 Å². The Morgan fingerprint density at radius 3 is 2.15 bits per heavy atom. The van der Waals surface area contributed by atoms with E-state index >= 15 is 0 Å². The molecule has 0 fully saturated rings. The van der Waals surface area contributed by atoms with Crippen molar-refractivity contribution in [3.8, 4) is 11.5 Å². The SMILES string of the molecule is CCNS(=O)(=O)c1ccc(CCC(=O)N(Cc2ccccc2)C(C)C(=O)NCCc2ccc(OC)c(OC)c2)cc1. The number of nitrogens with zero attached hydrogens (tertiary/aromatic N) is 1. The molecular formula is C31H39N3O6S. The lowest BCUT2D eigenvalue weighted by molar-refractivity contribution is -0.140. The predicted molar refractivity (Wildman–Crippen MR) is 158 cm³/mol. The Kier molecular flexibility index (Phi) is 11.7. The van der Waals surface area contributed by atoms with Crippen LogP contribution in [0.25, 0.3) is 0 Å². The van der Waals surface area contributed by atoms with E-state index in [1.54, 1.807) is 45.1 Å². The Labute approximate surface area is 242 Å². The minimum Gasteiger partial charge on any atom is -0.493 e.